The third-order valence-corrected chi connectivity index (χ3v) is 2.64. The Morgan fingerprint density at radius 3 is 2.71 bits per heavy atom. The third-order valence-electron chi connectivity index (χ3n) is 2.29. The molecule has 0 spiro atoms. The number of hydrogen-bond donors (Lipinski definition) is 2. The lowest BCUT2D eigenvalue weighted by Gasteiger charge is -2.07. The Bertz CT molecular complexity index is 336. The monoisotopic (exact) mass is 260 g/mol. The number of nitrogens with one attached hydrogen (secondary N) is 2. The van der Waals surface area contributed by atoms with Crippen molar-refractivity contribution in [2.45, 2.75) is 6.54 Å². The first-order chi connectivity index (χ1) is 8.24. The average Bonchev–Trinajstić information content (AvgIpc) is 2.30. The fraction of sp³-hybridized carbons (Fsp3) is 0.500. The smallest absolute Gasteiger partial charge is 0.124 e. The Labute approximate surface area is 106 Å². The molecule has 0 heterocycles. The van der Waals surface area contributed by atoms with Crippen molar-refractivity contribution in [3.05, 3.63) is 34.6 Å². The van der Waals surface area contributed by atoms with E-state index in [2.05, 4.69) is 10.6 Å². The molecule has 5 heteroatoms. The van der Waals surface area contributed by atoms with Crippen molar-refractivity contribution in [2.75, 3.05) is 33.4 Å². The molecule has 17 heavy (non-hydrogen) atoms. The number of methoxy groups -OCH3 is 1. The molecule has 1 aromatic rings. The quantitative estimate of drug-likeness (QED) is 0.700. The number of halogens is 2. The van der Waals surface area contributed by atoms with E-state index in [1.165, 1.54) is 12.1 Å². The van der Waals surface area contributed by atoms with E-state index in [0.29, 0.717) is 18.2 Å². The minimum atomic E-state index is -0.306. The van der Waals surface area contributed by atoms with E-state index in [1.54, 1.807) is 13.2 Å². The van der Waals surface area contributed by atoms with Crippen LogP contribution in [0.15, 0.2) is 18.2 Å². The highest BCUT2D eigenvalue weighted by molar-refractivity contribution is 6.31. The molecule has 0 aliphatic carbocycles. The van der Waals surface area contributed by atoms with Crippen LogP contribution >= 0.6 is 11.6 Å². The van der Waals surface area contributed by atoms with Gasteiger partial charge in [-0.15, -0.1) is 0 Å². The maximum Gasteiger partial charge on any atom is 0.124 e. The van der Waals surface area contributed by atoms with Crippen LogP contribution in [0.5, 0.6) is 0 Å². The first-order valence-electron chi connectivity index (χ1n) is 5.58. The van der Waals surface area contributed by atoms with E-state index in [0.717, 1.165) is 25.2 Å². The summed E-state index contributed by atoms with van der Waals surface area (Å²) >= 11 is 5.90. The molecule has 0 unspecified atom stereocenters. The standard InChI is InChI=1S/C12H18ClFN2O/c1-17-7-6-15-4-5-16-9-10-2-3-11(14)8-12(10)13/h2-3,8,15-16H,4-7,9H2,1H3. The van der Waals surface area contributed by atoms with Gasteiger partial charge in [-0.2, -0.15) is 0 Å². The van der Waals surface area contributed by atoms with Gasteiger partial charge in [0.15, 0.2) is 0 Å². The highest BCUT2D eigenvalue weighted by atomic mass is 35.5. The predicted molar refractivity (Wildman–Crippen MR) is 67.9 cm³/mol. The number of hydrogen-bond acceptors (Lipinski definition) is 3. The van der Waals surface area contributed by atoms with Crippen LogP contribution in [0.3, 0.4) is 0 Å². The van der Waals surface area contributed by atoms with Gasteiger partial charge in [0.2, 0.25) is 0 Å². The molecule has 0 aliphatic rings. The van der Waals surface area contributed by atoms with Crippen LogP contribution in [0.4, 0.5) is 4.39 Å². The molecule has 1 rings (SSSR count). The van der Waals surface area contributed by atoms with Gasteiger partial charge in [0, 0.05) is 38.3 Å². The summed E-state index contributed by atoms with van der Waals surface area (Å²) in [6, 6.07) is 4.44. The van der Waals surface area contributed by atoms with Gasteiger partial charge in [-0.3, -0.25) is 0 Å². The molecule has 0 atom stereocenters. The van der Waals surface area contributed by atoms with Crippen LogP contribution in [-0.4, -0.2) is 33.4 Å². The lowest BCUT2D eigenvalue weighted by Crippen LogP contribution is -2.29. The molecular formula is C12H18ClFN2O. The van der Waals surface area contributed by atoms with Crippen molar-refractivity contribution in [3.63, 3.8) is 0 Å². The average molecular weight is 261 g/mol. The van der Waals surface area contributed by atoms with Crippen LogP contribution < -0.4 is 10.6 Å². The molecule has 3 nitrogen and oxygen atoms in total. The van der Waals surface area contributed by atoms with Gasteiger partial charge in [0.25, 0.3) is 0 Å². The molecule has 0 radical (unpaired) electrons. The third kappa shape index (κ3) is 5.98. The fourth-order valence-electron chi connectivity index (χ4n) is 1.36. The molecule has 1 aromatic carbocycles. The lowest BCUT2D eigenvalue weighted by molar-refractivity contribution is 0.199. The second-order valence-electron chi connectivity index (χ2n) is 3.66. The normalized spacial score (nSPS) is 10.8. The van der Waals surface area contributed by atoms with E-state index in [4.69, 9.17) is 16.3 Å². The number of rotatable bonds is 8. The van der Waals surface area contributed by atoms with E-state index >= 15 is 0 Å². The summed E-state index contributed by atoms with van der Waals surface area (Å²) in [5.74, 6) is -0.306. The Hall–Kier alpha value is -0.680. The topological polar surface area (TPSA) is 33.3 Å². The van der Waals surface area contributed by atoms with Gasteiger partial charge < -0.3 is 15.4 Å². The molecule has 0 amide bonds. The Kier molecular flexibility index (Phi) is 7.12. The minimum absolute atomic E-state index is 0.306. The molecule has 0 saturated carbocycles. The lowest BCUT2D eigenvalue weighted by atomic mass is 10.2. The molecular weight excluding hydrogens is 243 g/mol. The number of benzene rings is 1. The SMILES string of the molecule is COCCNCCNCc1ccc(F)cc1Cl. The predicted octanol–water partition coefficient (Wildman–Crippen LogP) is 1.80. The minimum Gasteiger partial charge on any atom is -0.383 e. The largest absolute Gasteiger partial charge is 0.383 e. The second-order valence-corrected chi connectivity index (χ2v) is 4.06. The van der Waals surface area contributed by atoms with Crippen LogP contribution in [0.25, 0.3) is 0 Å². The number of ether oxygens (including phenoxy) is 1. The fourth-order valence-corrected chi connectivity index (χ4v) is 1.60. The summed E-state index contributed by atoms with van der Waals surface area (Å²) in [6.07, 6.45) is 0. The van der Waals surface area contributed by atoms with Crippen LogP contribution in [0, 0.1) is 5.82 Å². The molecule has 0 saturated heterocycles. The Balaban J connectivity index is 2.14. The maximum absolute atomic E-state index is 12.8. The summed E-state index contributed by atoms with van der Waals surface area (Å²) in [7, 11) is 1.68. The highest BCUT2D eigenvalue weighted by Crippen LogP contribution is 2.16. The zero-order valence-corrected chi connectivity index (χ0v) is 10.7. The van der Waals surface area contributed by atoms with Crippen molar-refractivity contribution < 1.29 is 9.13 Å². The zero-order chi connectivity index (χ0) is 12.5. The summed E-state index contributed by atoms with van der Waals surface area (Å²) in [5, 5.41) is 6.91. The van der Waals surface area contributed by atoms with Gasteiger partial charge in [-0.25, -0.2) is 4.39 Å². The van der Waals surface area contributed by atoms with E-state index < -0.39 is 0 Å². The molecule has 0 aliphatic heterocycles. The van der Waals surface area contributed by atoms with Crippen molar-refractivity contribution in [2.24, 2.45) is 0 Å². The van der Waals surface area contributed by atoms with Gasteiger partial charge >= 0.3 is 0 Å². The summed E-state index contributed by atoms with van der Waals surface area (Å²) in [4.78, 5) is 0. The first-order valence-corrected chi connectivity index (χ1v) is 5.96. The van der Waals surface area contributed by atoms with E-state index in [1.807, 2.05) is 0 Å². The van der Waals surface area contributed by atoms with Crippen LogP contribution in [0.1, 0.15) is 5.56 Å². The zero-order valence-electron chi connectivity index (χ0n) is 9.93. The van der Waals surface area contributed by atoms with Crippen LogP contribution in [0.2, 0.25) is 5.02 Å². The van der Waals surface area contributed by atoms with Crippen molar-refractivity contribution in [1.29, 1.82) is 0 Å². The maximum atomic E-state index is 12.8. The van der Waals surface area contributed by atoms with Crippen molar-refractivity contribution >= 4 is 11.6 Å². The molecule has 0 fully saturated rings. The van der Waals surface area contributed by atoms with Crippen LogP contribution in [-0.2, 0) is 11.3 Å². The molecule has 96 valence electrons. The Morgan fingerprint density at radius 2 is 2.00 bits per heavy atom. The van der Waals surface area contributed by atoms with E-state index in [9.17, 15) is 4.39 Å². The summed E-state index contributed by atoms with van der Waals surface area (Å²) < 4.78 is 17.7. The molecule has 0 aromatic heterocycles. The second kappa shape index (κ2) is 8.42. The van der Waals surface area contributed by atoms with E-state index in [-0.39, 0.29) is 5.82 Å². The molecule has 2 N–H and O–H groups in total. The van der Waals surface area contributed by atoms with Gasteiger partial charge in [-0.1, -0.05) is 17.7 Å². The Morgan fingerprint density at radius 1 is 1.24 bits per heavy atom. The van der Waals surface area contributed by atoms with Gasteiger partial charge in [0.05, 0.1) is 6.61 Å². The summed E-state index contributed by atoms with van der Waals surface area (Å²) in [6.45, 7) is 3.89. The van der Waals surface area contributed by atoms with Gasteiger partial charge in [-0.05, 0) is 17.7 Å². The summed E-state index contributed by atoms with van der Waals surface area (Å²) in [5.41, 5.74) is 0.907. The first kappa shape index (κ1) is 14.4. The highest BCUT2D eigenvalue weighted by Gasteiger charge is 2.00. The molecule has 0 bridgehead atoms. The van der Waals surface area contributed by atoms with Gasteiger partial charge in [0.1, 0.15) is 5.82 Å². The van der Waals surface area contributed by atoms with Crippen molar-refractivity contribution in [1.82, 2.24) is 10.6 Å². The van der Waals surface area contributed by atoms with Crippen molar-refractivity contribution in [3.8, 4) is 0 Å².